The fourth-order valence-corrected chi connectivity index (χ4v) is 4.04. The van der Waals surface area contributed by atoms with Crippen LogP contribution in [0.15, 0.2) is 41.7 Å². The molecule has 3 rings (SSSR count). The van der Waals surface area contributed by atoms with E-state index >= 15 is 0 Å². The van der Waals surface area contributed by atoms with Crippen molar-refractivity contribution in [3.8, 4) is 0 Å². The minimum atomic E-state index is -3.78. The molecule has 1 atom stereocenters. The first kappa shape index (κ1) is 18.6. The number of benzene rings is 1. The number of hydrogen-bond donors (Lipinski definition) is 2. The van der Waals surface area contributed by atoms with Gasteiger partial charge in [-0.15, -0.1) is 0 Å². The maximum absolute atomic E-state index is 12.5. The molecule has 0 aliphatic carbocycles. The summed E-state index contributed by atoms with van der Waals surface area (Å²) < 4.78 is 31.1. The van der Waals surface area contributed by atoms with Crippen LogP contribution in [0, 0.1) is 0 Å². The molecular weight excluding hydrogens is 352 g/mol. The molecule has 0 radical (unpaired) electrons. The number of nitrogens with one attached hydrogen (secondary N) is 1. The molecule has 0 saturated carbocycles. The lowest BCUT2D eigenvalue weighted by Gasteiger charge is -2.12. The van der Waals surface area contributed by atoms with Crippen molar-refractivity contribution in [1.29, 1.82) is 0 Å². The summed E-state index contributed by atoms with van der Waals surface area (Å²) in [5.41, 5.74) is 1.71. The molecule has 0 amide bonds. The predicted octanol–water partition coefficient (Wildman–Crippen LogP) is 2.05. The van der Waals surface area contributed by atoms with E-state index in [2.05, 4.69) is 9.71 Å². The largest absolute Gasteiger partial charge is 0.387 e. The number of aryl methyl sites for hydroxylation is 2. The van der Waals surface area contributed by atoms with Gasteiger partial charge < -0.3 is 14.2 Å². The summed E-state index contributed by atoms with van der Waals surface area (Å²) in [5, 5.41) is 11.4. The van der Waals surface area contributed by atoms with Gasteiger partial charge >= 0.3 is 0 Å². The standard InChI is InChI=1S/C18H24N4O3S/c1-12(2)18-20-17(11-22(18)4)26(24,25)19-10-16(23)14-5-6-15-13(9-14)7-8-21(15)3/h5-9,11-12,16,19,23H,10H2,1-4H3. The first-order chi connectivity index (χ1) is 12.2. The maximum atomic E-state index is 12.5. The van der Waals surface area contributed by atoms with Crippen LogP contribution in [0.2, 0.25) is 0 Å². The molecule has 3 aromatic rings. The Hall–Kier alpha value is -2.16. The van der Waals surface area contributed by atoms with Crippen molar-refractivity contribution >= 4 is 20.9 Å². The third-order valence-corrected chi connectivity index (χ3v) is 5.74. The molecule has 0 fully saturated rings. The summed E-state index contributed by atoms with van der Waals surface area (Å²) in [5.74, 6) is 0.813. The van der Waals surface area contributed by atoms with Crippen LogP contribution in [0.5, 0.6) is 0 Å². The third kappa shape index (κ3) is 3.53. The Morgan fingerprint density at radius 2 is 1.92 bits per heavy atom. The second-order valence-electron chi connectivity index (χ2n) is 6.82. The molecule has 1 aromatic carbocycles. The van der Waals surface area contributed by atoms with Gasteiger partial charge in [-0.05, 0) is 29.1 Å². The van der Waals surface area contributed by atoms with E-state index in [-0.39, 0.29) is 17.5 Å². The van der Waals surface area contributed by atoms with Crippen LogP contribution in [0.3, 0.4) is 0 Å². The Bertz CT molecular complexity index is 1030. The molecule has 7 nitrogen and oxygen atoms in total. The van der Waals surface area contributed by atoms with Crippen LogP contribution in [0.4, 0.5) is 0 Å². The van der Waals surface area contributed by atoms with Crippen molar-refractivity contribution in [2.45, 2.75) is 30.9 Å². The highest BCUT2D eigenvalue weighted by atomic mass is 32.2. The van der Waals surface area contributed by atoms with E-state index < -0.39 is 16.1 Å². The molecule has 26 heavy (non-hydrogen) atoms. The minimum Gasteiger partial charge on any atom is -0.387 e. The van der Waals surface area contributed by atoms with Crippen LogP contribution < -0.4 is 4.72 Å². The van der Waals surface area contributed by atoms with E-state index in [0.717, 1.165) is 10.9 Å². The molecule has 1 unspecified atom stereocenters. The molecule has 0 spiro atoms. The highest BCUT2D eigenvalue weighted by Crippen LogP contribution is 2.21. The Morgan fingerprint density at radius 1 is 1.19 bits per heavy atom. The monoisotopic (exact) mass is 376 g/mol. The summed E-state index contributed by atoms with van der Waals surface area (Å²) in [6.45, 7) is 3.79. The number of aliphatic hydroxyl groups is 1. The van der Waals surface area contributed by atoms with Crippen LogP contribution >= 0.6 is 0 Å². The third-order valence-electron chi connectivity index (χ3n) is 4.44. The number of aromatic nitrogens is 3. The zero-order chi connectivity index (χ0) is 19.1. The smallest absolute Gasteiger partial charge is 0.259 e. The Kier molecular flexibility index (Phi) is 4.92. The zero-order valence-corrected chi connectivity index (χ0v) is 16.2. The van der Waals surface area contributed by atoms with Gasteiger partial charge in [0.2, 0.25) is 0 Å². The van der Waals surface area contributed by atoms with Crippen LogP contribution in [0.1, 0.15) is 37.3 Å². The van der Waals surface area contributed by atoms with Gasteiger partial charge in [0.1, 0.15) is 5.82 Å². The number of aliphatic hydroxyl groups excluding tert-OH is 1. The van der Waals surface area contributed by atoms with Gasteiger partial charge in [-0.1, -0.05) is 19.9 Å². The van der Waals surface area contributed by atoms with E-state index in [1.165, 1.54) is 6.20 Å². The van der Waals surface area contributed by atoms with Crippen molar-refractivity contribution in [3.05, 3.63) is 48.0 Å². The quantitative estimate of drug-likeness (QED) is 0.689. The highest BCUT2D eigenvalue weighted by Gasteiger charge is 2.22. The van der Waals surface area contributed by atoms with Gasteiger partial charge in [0.15, 0.2) is 5.03 Å². The first-order valence-corrected chi connectivity index (χ1v) is 9.93. The molecule has 2 aromatic heterocycles. The molecule has 0 saturated heterocycles. The average molecular weight is 376 g/mol. The van der Waals surface area contributed by atoms with E-state index in [1.807, 2.05) is 49.9 Å². The van der Waals surface area contributed by atoms with Gasteiger partial charge in [-0.3, -0.25) is 0 Å². The molecule has 2 heterocycles. The first-order valence-electron chi connectivity index (χ1n) is 8.45. The number of rotatable bonds is 6. The maximum Gasteiger partial charge on any atom is 0.259 e. The predicted molar refractivity (Wildman–Crippen MR) is 100 cm³/mol. The summed E-state index contributed by atoms with van der Waals surface area (Å²) in [7, 11) is -0.0646. The summed E-state index contributed by atoms with van der Waals surface area (Å²) in [6, 6.07) is 7.54. The lowest BCUT2D eigenvalue weighted by Crippen LogP contribution is -2.28. The van der Waals surface area contributed by atoms with Crippen molar-refractivity contribution in [1.82, 2.24) is 18.8 Å². The summed E-state index contributed by atoms with van der Waals surface area (Å²) in [6.07, 6.45) is 2.49. The fraction of sp³-hybridized carbons (Fsp3) is 0.389. The molecule has 0 bridgehead atoms. The number of nitrogens with zero attached hydrogens (tertiary/aromatic N) is 3. The Balaban J connectivity index is 1.74. The van der Waals surface area contributed by atoms with Crippen LogP contribution in [-0.2, 0) is 24.1 Å². The van der Waals surface area contributed by atoms with Gasteiger partial charge in [-0.25, -0.2) is 18.1 Å². The van der Waals surface area contributed by atoms with Gasteiger partial charge in [-0.2, -0.15) is 0 Å². The number of imidazole rings is 1. The zero-order valence-electron chi connectivity index (χ0n) is 15.3. The number of hydrogen-bond acceptors (Lipinski definition) is 4. The molecular formula is C18H24N4O3S. The fourth-order valence-electron chi connectivity index (χ4n) is 3.01. The SMILES string of the molecule is CC(C)c1nc(S(=O)(=O)NCC(O)c2ccc3c(ccn3C)c2)cn1C. The highest BCUT2D eigenvalue weighted by molar-refractivity contribution is 7.89. The van der Waals surface area contributed by atoms with Gasteiger partial charge in [0, 0.05) is 44.5 Å². The van der Waals surface area contributed by atoms with Crippen molar-refractivity contribution in [2.24, 2.45) is 14.1 Å². The topological polar surface area (TPSA) is 89.2 Å². The second kappa shape index (κ2) is 6.86. The molecule has 8 heteroatoms. The summed E-state index contributed by atoms with van der Waals surface area (Å²) >= 11 is 0. The summed E-state index contributed by atoms with van der Waals surface area (Å²) in [4.78, 5) is 4.20. The lowest BCUT2D eigenvalue weighted by atomic mass is 10.1. The van der Waals surface area contributed by atoms with E-state index in [9.17, 15) is 13.5 Å². The van der Waals surface area contributed by atoms with Gasteiger partial charge in [0.05, 0.1) is 6.10 Å². The normalized spacial score (nSPS) is 13.6. The van der Waals surface area contributed by atoms with E-state index in [4.69, 9.17) is 0 Å². The number of fused-ring (bicyclic) bond motifs is 1. The molecule has 140 valence electrons. The van der Waals surface area contributed by atoms with E-state index in [1.54, 1.807) is 17.7 Å². The Morgan fingerprint density at radius 3 is 2.58 bits per heavy atom. The average Bonchev–Trinajstić information content (AvgIpc) is 3.16. The molecule has 0 aliphatic rings. The lowest BCUT2D eigenvalue weighted by molar-refractivity contribution is 0.182. The van der Waals surface area contributed by atoms with E-state index in [0.29, 0.717) is 11.4 Å². The second-order valence-corrected chi connectivity index (χ2v) is 8.53. The number of sulfonamides is 1. The van der Waals surface area contributed by atoms with Crippen molar-refractivity contribution in [2.75, 3.05) is 6.54 Å². The van der Waals surface area contributed by atoms with Crippen molar-refractivity contribution in [3.63, 3.8) is 0 Å². The minimum absolute atomic E-state index is 0.0330. The van der Waals surface area contributed by atoms with Crippen LogP contribution in [-0.4, -0.2) is 34.2 Å². The van der Waals surface area contributed by atoms with Gasteiger partial charge in [0.25, 0.3) is 10.0 Å². The van der Waals surface area contributed by atoms with Crippen molar-refractivity contribution < 1.29 is 13.5 Å². The molecule has 2 N–H and O–H groups in total. The van der Waals surface area contributed by atoms with Crippen LogP contribution in [0.25, 0.3) is 10.9 Å². The Labute approximate surface area is 153 Å². The molecule has 0 aliphatic heterocycles.